The number of ether oxygens (including phenoxy) is 3. The normalized spacial score (nSPS) is 19.5. The van der Waals surface area contributed by atoms with Crippen LogP contribution < -0.4 is 0 Å². The second-order valence-electron chi connectivity index (χ2n) is 5.93. The summed E-state index contributed by atoms with van der Waals surface area (Å²) in [5.74, 6) is 0. The summed E-state index contributed by atoms with van der Waals surface area (Å²) in [5, 5.41) is 0. The molecule has 0 aromatic rings. The zero-order valence-electron chi connectivity index (χ0n) is 16.6. The van der Waals surface area contributed by atoms with Crippen LogP contribution in [-0.2, 0) is 31.3 Å². The summed E-state index contributed by atoms with van der Waals surface area (Å²) in [6.07, 6.45) is 1.32. The molecule has 0 aliphatic carbocycles. The molecular formula is C14H36O7Si3. The van der Waals surface area contributed by atoms with Crippen LogP contribution in [-0.4, -0.2) is 78.4 Å². The molecule has 24 heavy (non-hydrogen) atoms. The van der Waals surface area contributed by atoms with Gasteiger partial charge in [-0.1, -0.05) is 0 Å². The Bertz CT molecular complexity index is 313. The maximum Gasteiger partial charge on any atom is 0.352 e. The average molecular weight is 401 g/mol. The minimum atomic E-state index is -2.69. The van der Waals surface area contributed by atoms with Crippen LogP contribution in [0.5, 0.6) is 0 Å². The van der Waals surface area contributed by atoms with Crippen molar-refractivity contribution in [1.29, 1.82) is 0 Å². The highest BCUT2D eigenvalue weighted by atomic mass is 28.5. The summed E-state index contributed by atoms with van der Waals surface area (Å²) in [6, 6.07) is 0. The van der Waals surface area contributed by atoms with E-state index in [4.69, 9.17) is 31.3 Å². The Morgan fingerprint density at radius 2 is 0.833 bits per heavy atom. The Morgan fingerprint density at radius 3 is 1.08 bits per heavy atom. The molecule has 0 amide bonds. The molecule has 2 atom stereocenters. The second kappa shape index (κ2) is 11.9. The molecule has 0 spiro atoms. The van der Waals surface area contributed by atoms with Gasteiger partial charge in [0.25, 0.3) is 0 Å². The van der Waals surface area contributed by atoms with E-state index >= 15 is 0 Å². The second-order valence-corrected chi connectivity index (χ2v) is 16.0. The van der Waals surface area contributed by atoms with Gasteiger partial charge in [0.15, 0.2) is 0 Å². The maximum atomic E-state index is 6.44. The van der Waals surface area contributed by atoms with Gasteiger partial charge in [-0.25, -0.2) is 0 Å². The fraction of sp³-hybridized carbons (Fsp3) is 1.00. The van der Waals surface area contributed by atoms with Crippen molar-refractivity contribution in [2.45, 2.75) is 40.4 Å². The van der Waals surface area contributed by atoms with Gasteiger partial charge < -0.3 is 31.3 Å². The fourth-order valence-corrected chi connectivity index (χ4v) is 13.5. The van der Waals surface area contributed by atoms with Crippen LogP contribution in [0.1, 0.15) is 20.8 Å². The molecule has 0 fully saturated rings. The van der Waals surface area contributed by atoms with Crippen LogP contribution >= 0.6 is 0 Å². The Morgan fingerprint density at radius 1 is 0.542 bits per heavy atom. The van der Waals surface area contributed by atoms with Crippen molar-refractivity contribution >= 4 is 25.7 Å². The molecule has 0 aliphatic rings. The standard InChI is InChI=1S/C14H36O7Si3/c1-9-17-12-22(6,15-4)20-24(8,14-19-11-3)21-23(7,16-5)13-18-10-2/h9-14H2,1-8H3. The Labute approximate surface area is 150 Å². The highest BCUT2D eigenvalue weighted by molar-refractivity contribution is 6.85. The molecule has 0 heterocycles. The largest absolute Gasteiger partial charge is 0.413 e. The van der Waals surface area contributed by atoms with Gasteiger partial charge >= 0.3 is 25.7 Å². The summed E-state index contributed by atoms with van der Waals surface area (Å²) in [6.45, 7) is 13.7. The number of rotatable bonds is 15. The first-order chi connectivity index (χ1) is 11.2. The predicted molar refractivity (Wildman–Crippen MR) is 101 cm³/mol. The zero-order valence-corrected chi connectivity index (χ0v) is 19.6. The molecule has 10 heteroatoms. The summed E-state index contributed by atoms with van der Waals surface area (Å²) < 4.78 is 41.0. The lowest BCUT2D eigenvalue weighted by Gasteiger charge is -2.40. The van der Waals surface area contributed by atoms with Crippen LogP contribution in [0.4, 0.5) is 0 Å². The van der Waals surface area contributed by atoms with Gasteiger partial charge in [-0.15, -0.1) is 0 Å². The smallest absolute Gasteiger partial charge is 0.352 e. The molecule has 0 aromatic carbocycles. The van der Waals surface area contributed by atoms with Crippen LogP contribution in [0.15, 0.2) is 0 Å². The molecule has 2 unspecified atom stereocenters. The van der Waals surface area contributed by atoms with E-state index in [-0.39, 0.29) is 0 Å². The Balaban J connectivity index is 5.22. The maximum absolute atomic E-state index is 6.44. The van der Waals surface area contributed by atoms with Crippen molar-refractivity contribution < 1.29 is 31.3 Å². The van der Waals surface area contributed by atoms with Gasteiger partial charge in [-0.2, -0.15) is 0 Å². The minimum Gasteiger partial charge on any atom is -0.413 e. The molecule has 0 bridgehead atoms. The molecule has 0 aliphatic heterocycles. The van der Waals surface area contributed by atoms with E-state index in [0.717, 1.165) is 0 Å². The van der Waals surface area contributed by atoms with Crippen molar-refractivity contribution in [3.63, 3.8) is 0 Å². The Hall–Kier alpha value is 0.371. The van der Waals surface area contributed by atoms with Crippen LogP contribution in [0, 0.1) is 0 Å². The van der Waals surface area contributed by atoms with Crippen molar-refractivity contribution in [1.82, 2.24) is 0 Å². The summed E-state index contributed by atoms with van der Waals surface area (Å²) in [5.41, 5.74) is 0. The van der Waals surface area contributed by atoms with E-state index in [1.54, 1.807) is 14.2 Å². The first-order valence-corrected chi connectivity index (χ1v) is 16.0. The Kier molecular flexibility index (Phi) is 12.1. The zero-order chi connectivity index (χ0) is 18.7. The van der Waals surface area contributed by atoms with Gasteiger partial charge in [-0.3, -0.25) is 0 Å². The third-order valence-electron chi connectivity index (χ3n) is 3.43. The van der Waals surface area contributed by atoms with Gasteiger partial charge in [0.2, 0.25) is 0 Å². The quantitative estimate of drug-likeness (QED) is 0.391. The molecule has 0 saturated carbocycles. The van der Waals surface area contributed by atoms with Gasteiger partial charge in [0.1, 0.15) is 0 Å². The van der Waals surface area contributed by atoms with Crippen molar-refractivity contribution in [2.75, 3.05) is 52.7 Å². The van der Waals surface area contributed by atoms with Crippen molar-refractivity contribution in [3.05, 3.63) is 0 Å². The highest BCUT2D eigenvalue weighted by Gasteiger charge is 2.48. The highest BCUT2D eigenvalue weighted by Crippen LogP contribution is 2.22. The number of hydrogen-bond acceptors (Lipinski definition) is 7. The third kappa shape index (κ3) is 9.17. The van der Waals surface area contributed by atoms with E-state index in [9.17, 15) is 0 Å². The number of hydrogen-bond donors (Lipinski definition) is 0. The topological polar surface area (TPSA) is 64.6 Å². The lowest BCUT2D eigenvalue weighted by molar-refractivity contribution is 0.113. The first kappa shape index (κ1) is 24.4. The predicted octanol–water partition coefficient (Wildman–Crippen LogP) is 2.26. The SMILES string of the molecule is CCOC[Si](C)(OC)O[Si](C)(COCC)O[Si](C)(COCC)OC. The van der Waals surface area contributed by atoms with E-state index in [0.29, 0.717) is 38.5 Å². The lowest BCUT2D eigenvalue weighted by atomic mass is 10.9. The molecule has 146 valence electrons. The van der Waals surface area contributed by atoms with Crippen LogP contribution in [0.3, 0.4) is 0 Å². The van der Waals surface area contributed by atoms with E-state index in [1.807, 2.05) is 40.4 Å². The lowest BCUT2D eigenvalue weighted by Crippen LogP contribution is -2.62. The van der Waals surface area contributed by atoms with E-state index in [2.05, 4.69) is 0 Å². The third-order valence-corrected chi connectivity index (χ3v) is 14.3. The molecule has 7 nitrogen and oxygen atoms in total. The van der Waals surface area contributed by atoms with Gasteiger partial charge in [0.05, 0.1) is 18.7 Å². The summed E-state index contributed by atoms with van der Waals surface area (Å²) in [7, 11) is -4.40. The molecular weight excluding hydrogens is 364 g/mol. The van der Waals surface area contributed by atoms with Gasteiger partial charge in [-0.05, 0) is 40.4 Å². The first-order valence-electron chi connectivity index (χ1n) is 8.46. The molecule has 0 N–H and O–H groups in total. The van der Waals surface area contributed by atoms with Gasteiger partial charge in [0, 0.05) is 34.0 Å². The molecule has 0 saturated heterocycles. The average Bonchev–Trinajstić information content (AvgIpc) is 2.56. The molecule has 0 radical (unpaired) electrons. The van der Waals surface area contributed by atoms with E-state index in [1.165, 1.54) is 0 Å². The minimum absolute atomic E-state index is 0.416. The van der Waals surface area contributed by atoms with Crippen molar-refractivity contribution in [3.8, 4) is 0 Å². The molecule has 0 rings (SSSR count). The van der Waals surface area contributed by atoms with Crippen LogP contribution in [0.2, 0.25) is 19.6 Å². The van der Waals surface area contributed by atoms with Crippen molar-refractivity contribution in [2.24, 2.45) is 0 Å². The molecule has 0 aromatic heterocycles. The fourth-order valence-electron chi connectivity index (χ4n) is 2.12. The monoisotopic (exact) mass is 400 g/mol. The van der Waals surface area contributed by atoms with Crippen LogP contribution in [0.25, 0.3) is 0 Å². The summed E-state index contributed by atoms with van der Waals surface area (Å²) >= 11 is 0. The summed E-state index contributed by atoms with van der Waals surface area (Å²) in [4.78, 5) is 0. The van der Waals surface area contributed by atoms with E-state index < -0.39 is 25.7 Å².